The van der Waals surface area contributed by atoms with E-state index in [4.69, 9.17) is 0 Å². The van der Waals surface area contributed by atoms with Gasteiger partial charge in [0.1, 0.15) is 0 Å². The Morgan fingerprint density at radius 3 is 2.43 bits per heavy atom. The van der Waals surface area contributed by atoms with Gasteiger partial charge in [-0.2, -0.15) is 0 Å². The zero-order chi connectivity index (χ0) is 19.8. The van der Waals surface area contributed by atoms with Crippen molar-refractivity contribution in [3.8, 4) is 22.3 Å². The highest BCUT2D eigenvalue weighted by atomic mass is 32.2. The maximum Gasteiger partial charge on any atom is 0.307 e. The third-order valence-corrected chi connectivity index (χ3v) is 6.29. The fourth-order valence-corrected chi connectivity index (χ4v) is 4.97. The van der Waals surface area contributed by atoms with Crippen LogP contribution in [0.1, 0.15) is 27.8 Å². The van der Waals surface area contributed by atoms with Crippen LogP contribution in [0.5, 0.6) is 0 Å². The van der Waals surface area contributed by atoms with Gasteiger partial charge in [0.05, 0.1) is 12.1 Å². The van der Waals surface area contributed by atoms with E-state index in [2.05, 4.69) is 67.1 Å². The van der Waals surface area contributed by atoms with Gasteiger partial charge < -0.3 is 9.83 Å². The van der Waals surface area contributed by atoms with Crippen molar-refractivity contribution in [3.05, 3.63) is 76.3 Å². The molecule has 3 aromatic carbocycles. The number of carbonyl (C=O) groups is 1. The zero-order valence-corrected chi connectivity index (χ0v) is 17.1. The van der Waals surface area contributed by atoms with Crippen molar-refractivity contribution >= 4 is 23.6 Å². The minimum Gasteiger partial charge on any atom is -0.481 e. The number of hydrogen-bond donors (Lipinski definition) is 2. The number of aliphatic carboxylic acids is 1. The molecule has 0 saturated carbocycles. The predicted octanol–water partition coefficient (Wildman–Crippen LogP) is 6.15. The molecule has 3 aromatic rings. The lowest BCUT2D eigenvalue weighted by Gasteiger charge is -2.23. The largest absolute Gasteiger partial charge is 0.481 e. The van der Waals surface area contributed by atoms with E-state index >= 15 is 0 Å². The SMILES string of the molecule is Cc1ccc(-c2c(C)c3c(c(C)c2CC(=O)O)NSCc2ccccc2-3)cc1. The molecule has 1 heterocycles. The second-order valence-corrected chi connectivity index (χ2v) is 8.12. The number of aryl methyl sites for hydroxylation is 1. The van der Waals surface area contributed by atoms with E-state index in [9.17, 15) is 9.90 Å². The van der Waals surface area contributed by atoms with Gasteiger partial charge in [-0.05, 0) is 71.7 Å². The van der Waals surface area contributed by atoms with Crippen LogP contribution in [-0.4, -0.2) is 11.1 Å². The molecule has 3 nitrogen and oxygen atoms in total. The van der Waals surface area contributed by atoms with Gasteiger partial charge in [0, 0.05) is 11.3 Å². The predicted molar refractivity (Wildman–Crippen MR) is 118 cm³/mol. The van der Waals surface area contributed by atoms with Crippen LogP contribution < -0.4 is 4.72 Å². The van der Waals surface area contributed by atoms with Crippen LogP contribution in [0.15, 0.2) is 48.5 Å². The topological polar surface area (TPSA) is 49.3 Å². The number of anilines is 1. The summed E-state index contributed by atoms with van der Waals surface area (Å²) in [5.74, 6) is 0.0650. The highest BCUT2D eigenvalue weighted by Gasteiger charge is 2.25. The van der Waals surface area contributed by atoms with E-state index in [-0.39, 0.29) is 6.42 Å². The van der Waals surface area contributed by atoms with Crippen LogP contribution in [-0.2, 0) is 17.0 Å². The fourth-order valence-electron chi connectivity index (χ4n) is 4.09. The Morgan fingerprint density at radius 1 is 1.00 bits per heavy atom. The molecule has 0 saturated heterocycles. The molecule has 0 radical (unpaired) electrons. The number of rotatable bonds is 3. The van der Waals surface area contributed by atoms with Gasteiger partial charge in [-0.25, -0.2) is 0 Å². The number of hydrogen-bond acceptors (Lipinski definition) is 3. The smallest absolute Gasteiger partial charge is 0.307 e. The van der Waals surface area contributed by atoms with Crippen LogP contribution in [0.3, 0.4) is 0 Å². The van der Waals surface area contributed by atoms with Gasteiger partial charge in [0.25, 0.3) is 0 Å². The van der Waals surface area contributed by atoms with Crippen molar-refractivity contribution in [2.45, 2.75) is 32.9 Å². The van der Waals surface area contributed by atoms with Gasteiger partial charge >= 0.3 is 5.97 Å². The minimum absolute atomic E-state index is 0.0111. The average Bonchev–Trinajstić information content (AvgIpc) is 2.87. The van der Waals surface area contributed by atoms with Crippen LogP contribution >= 0.6 is 11.9 Å². The third kappa shape index (κ3) is 3.18. The summed E-state index contributed by atoms with van der Waals surface area (Å²) >= 11 is 1.66. The second-order valence-electron chi connectivity index (χ2n) is 7.34. The first-order chi connectivity index (χ1) is 13.5. The van der Waals surface area contributed by atoms with Gasteiger partial charge in [0.2, 0.25) is 0 Å². The summed E-state index contributed by atoms with van der Waals surface area (Å²) in [5, 5.41) is 9.59. The summed E-state index contributed by atoms with van der Waals surface area (Å²) < 4.78 is 3.51. The number of carboxylic acids is 1. The summed E-state index contributed by atoms with van der Waals surface area (Å²) in [7, 11) is 0. The molecule has 0 amide bonds. The van der Waals surface area contributed by atoms with E-state index in [1.165, 1.54) is 22.3 Å². The van der Waals surface area contributed by atoms with Crippen LogP contribution in [0.2, 0.25) is 0 Å². The Labute approximate surface area is 169 Å². The summed E-state index contributed by atoms with van der Waals surface area (Å²) in [6, 6.07) is 16.9. The molecule has 0 bridgehead atoms. The minimum atomic E-state index is -0.808. The Balaban J connectivity index is 2.09. The molecule has 0 spiro atoms. The molecule has 0 fully saturated rings. The van der Waals surface area contributed by atoms with Crippen molar-refractivity contribution in [1.82, 2.24) is 0 Å². The van der Waals surface area contributed by atoms with Crippen molar-refractivity contribution in [3.63, 3.8) is 0 Å². The Hall–Kier alpha value is -2.72. The number of carboxylic acid groups (broad SMARTS) is 1. The number of fused-ring (bicyclic) bond motifs is 3. The maximum absolute atomic E-state index is 11.7. The summed E-state index contributed by atoms with van der Waals surface area (Å²) in [6.07, 6.45) is 0.0111. The van der Waals surface area contributed by atoms with Crippen molar-refractivity contribution in [2.24, 2.45) is 0 Å². The molecular formula is C24H23NO2S. The molecular weight excluding hydrogens is 366 g/mol. The molecule has 4 rings (SSSR count). The first-order valence-electron chi connectivity index (χ1n) is 9.38. The monoisotopic (exact) mass is 389 g/mol. The lowest BCUT2D eigenvalue weighted by molar-refractivity contribution is -0.136. The maximum atomic E-state index is 11.7. The van der Waals surface area contributed by atoms with Crippen molar-refractivity contribution in [1.29, 1.82) is 0 Å². The second kappa shape index (κ2) is 7.36. The number of nitrogens with one attached hydrogen (secondary N) is 1. The Kier molecular flexibility index (Phi) is 4.90. The molecule has 142 valence electrons. The lowest BCUT2D eigenvalue weighted by Crippen LogP contribution is -2.09. The van der Waals surface area contributed by atoms with Gasteiger partial charge in [-0.1, -0.05) is 54.1 Å². The fraction of sp³-hybridized carbons (Fsp3) is 0.208. The first-order valence-corrected chi connectivity index (χ1v) is 10.4. The average molecular weight is 390 g/mol. The van der Waals surface area contributed by atoms with E-state index in [1.807, 2.05) is 6.92 Å². The third-order valence-electron chi connectivity index (χ3n) is 5.49. The first kappa shape index (κ1) is 18.6. The molecule has 0 aliphatic carbocycles. The van der Waals surface area contributed by atoms with E-state index in [0.29, 0.717) is 0 Å². The van der Waals surface area contributed by atoms with Gasteiger partial charge in [-0.3, -0.25) is 4.79 Å². The molecule has 28 heavy (non-hydrogen) atoms. The quantitative estimate of drug-likeness (QED) is 0.528. The van der Waals surface area contributed by atoms with Gasteiger partial charge in [0.15, 0.2) is 0 Å². The van der Waals surface area contributed by atoms with Crippen LogP contribution in [0.4, 0.5) is 5.69 Å². The van der Waals surface area contributed by atoms with Crippen molar-refractivity contribution in [2.75, 3.05) is 4.72 Å². The molecule has 2 N–H and O–H groups in total. The molecule has 0 unspecified atom stereocenters. The standard InChI is InChI=1S/C24H23NO2S/c1-14-8-10-17(11-9-14)22-16(3)23-19-7-5-4-6-18(19)13-28-25-24(23)15(2)20(22)12-21(26)27/h4-11,25H,12-13H2,1-3H3,(H,26,27). The molecule has 1 aliphatic rings. The van der Waals surface area contributed by atoms with Crippen LogP contribution in [0.25, 0.3) is 22.3 Å². The summed E-state index contributed by atoms with van der Waals surface area (Å²) in [5.41, 5.74) is 11.1. The van der Waals surface area contributed by atoms with E-state index in [0.717, 1.165) is 39.3 Å². The summed E-state index contributed by atoms with van der Waals surface area (Å²) in [6.45, 7) is 6.22. The van der Waals surface area contributed by atoms with Gasteiger partial charge in [-0.15, -0.1) is 0 Å². The van der Waals surface area contributed by atoms with Crippen molar-refractivity contribution < 1.29 is 9.90 Å². The zero-order valence-electron chi connectivity index (χ0n) is 16.3. The molecule has 0 aromatic heterocycles. The molecule has 1 aliphatic heterocycles. The van der Waals surface area contributed by atoms with E-state index < -0.39 is 5.97 Å². The molecule has 4 heteroatoms. The molecule has 0 atom stereocenters. The number of benzene rings is 3. The van der Waals surface area contributed by atoms with Crippen LogP contribution in [0, 0.1) is 20.8 Å². The highest BCUT2D eigenvalue weighted by Crippen LogP contribution is 2.47. The Bertz CT molecular complexity index is 1070. The van der Waals surface area contributed by atoms with E-state index in [1.54, 1.807) is 11.9 Å². The Morgan fingerprint density at radius 2 is 1.71 bits per heavy atom. The highest BCUT2D eigenvalue weighted by molar-refractivity contribution is 7.99. The normalized spacial score (nSPS) is 12.5. The summed E-state index contributed by atoms with van der Waals surface area (Å²) in [4.78, 5) is 11.7. The lowest BCUT2D eigenvalue weighted by atomic mass is 9.82.